The summed E-state index contributed by atoms with van der Waals surface area (Å²) in [6.45, 7) is 24.1. The van der Waals surface area contributed by atoms with Crippen LogP contribution >= 0.6 is 0 Å². The normalized spacial score (nSPS) is 21.6. The third-order valence-electron chi connectivity index (χ3n) is 15.2. The molecule has 2 aliphatic rings. The highest BCUT2D eigenvalue weighted by atomic mass is 16.7. The second kappa shape index (κ2) is 37.1. The minimum Gasteiger partial charge on any atom is -0.466 e. The number of ether oxygens (including phenoxy) is 5. The Morgan fingerprint density at radius 1 is 0.493 bits per heavy atom. The van der Waals surface area contributed by atoms with Crippen LogP contribution in [-0.4, -0.2) is 81.8 Å². The summed E-state index contributed by atoms with van der Waals surface area (Å²) in [7, 11) is 0. The molecule has 0 aromatic heterocycles. The van der Waals surface area contributed by atoms with Crippen molar-refractivity contribution >= 4 is 17.9 Å². The Bertz CT molecular complexity index is 1240. The van der Waals surface area contributed by atoms with Crippen LogP contribution in [0.1, 0.15) is 267 Å². The molecule has 4 unspecified atom stereocenters. The maximum Gasteiger partial charge on any atom is 0.305 e. The van der Waals surface area contributed by atoms with Gasteiger partial charge in [-0.05, 0) is 144 Å². The highest BCUT2D eigenvalue weighted by Gasteiger charge is 2.52. The summed E-state index contributed by atoms with van der Waals surface area (Å²) in [5.41, 5.74) is 0.537. The van der Waals surface area contributed by atoms with Crippen molar-refractivity contribution in [3.63, 3.8) is 0 Å². The molecule has 2 bridgehead atoms. The van der Waals surface area contributed by atoms with Gasteiger partial charge in [0.2, 0.25) is 0 Å². The van der Waals surface area contributed by atoms with Crippen molar-refractivity contribution in [3.8, 4) is 0 Å². The molecule has 0 aromatic rings. The quantitative estimate of drug-likeness (QED) is 0.0256. The van der Waals surface area contributed by atoms with Crippen LogP contribution in [0.5, 0.6) is 0 Å². The molecule has 0 N–H and O–H groups in total. The summed E-state index contributed by atoms with van der Waals surface area (Å²) in [6, 6.07) is 0. The standard InChI is InChI=1S/C58H109NO8/c1-9-13-15-17-21-25-40-66-55(67-41-26-22-18-16-14-10-2)35-34-54(62)65-44-30-38-58-47-51(46-57(8,49-58)37-29-43-64-53(61)33-27-39-59(11-3)12-4)45-56(7,48-58)36-28-42-63-52(60)32-24-20-19-23-31-50(5)6/h50-51,55H,9-49H2,1-8H3. The van der Waals surface area contributed by atoms with Gasteiger partial charge in [0, 0.05) is 32.5 Å². The highest BCUT2D eigenvalue weighted by molar-refractivity contribution is 5.69. The molecule has 394 valence electrons. The van der Waals surface area contributed by atoms with Gasteiger partial charge in [0.05, 0.1) is 26.2 Å². The zero-order chi connectivity index (χ0) is 49.1. The van der Waals surface area contributed by atoms with Gasteiger partial charge in [-0.25, -0.2) is 0 Å². The smallest absolute Gasteiger partial charge is 0.305 e. The van der Waals surface area contributed by atoms with Crippen LogP contribution in [0.2, 0.25) is 0 Å². The Labute approximate surface area is 413 Å². The Balaban J connectivity index is 1.95. The predicted molar refractivity (Wildman–Crippen MR) is 277 cm³/mol. The number of esters is 3. The van der Waals surface area contributed by atoms with Crippen molar-refractivity contribution in [1.29, 1.82) is 0 Å². The Morgan fingerprint density at radius 3 is 1.45 bits per heavy atom. The van der Waals surface area contributed by atoms with E-state index in [0.717, 1.165) is 109 Å². The van der Waals surface area contributed by atoms with Gasteiger partial charge in [0.25, 0.3) is 0 Å². The molecule has 2 fully saturated rings. The molecule has 0 radical (unpaired) electrons. The van der Waals surface area contributed by atoms with E-state index in [1.165, 1.54) is 103 Å². The van der Waals surface area contributed by atoms with E-state index < -0.39 is 0 Å². The van der Waals surface area contributed by atoms with E-state index in [1.807, 2.05) is 0 Å². The van der Waals surface area contributed by atoms with Gasteiger partial charge in [-0.1, -0.05) is 145 Å². The molecule has 0 heterocycles. The Kier molecular flexibility index (Phi) is 34.0. The number of nitrogens with zero attached hydrogens (tertiary/aromatic N) is 1. The molecule has 2 rings (SSSR count). The van der Waals surface area contributed by atoms with Crippen LogP contribution in [-0.2, 0) is 38.1 Å². The van der Waals surface area contributed by atoms with Gasteiger partial charge >= 0.3 is 17.9 Å². The molecular weight excluding hydrogens is 839 g/mol. The fourth-order valence-electron chi connectivity index (χ4n) is 12.1. The Hall–Kier alpha value is -1.71. The first kappa shape index (κ1) is 61.4. The first-order valence-electron chi connectivity index (χ1n) is 28.7. The molecule has 67 heavy (non-hydrogen) atoms. The summed E-state index contributed by atoms with van der Waals surface area (Å²) >= 11 is 0. The van der Waals surface area contributed by atoms with Crippen molar-refractivity contribution in [2.45, 2.75) is 274 Å². The summed E-state index contributed by atoms with van der Waals surface area (Å²) in [5.74, 6) is 1.11. The van der Waals surface area contributed by atoms with Crippen molar-refractivity contribution in [1.82, 2.24) is 4.90 Å². The number of carbonyl (C=O) groups excluding carboxylic acids is 3. The summed E-state index contributed by atoms with van der Waals surface area (Å²) in [6.07, 6.45) is 34.4. The Morgan fingerprint density at radius 2 is 0.940 bits per heavy atom. The van der Waals surface area contributed by atoms with Gasteiger partial charge in [-0.15, -0.1) is 0 Å². The molecule has 0 spiro atoms. The molecule has 0 aliphatic heterocycles. The van der Waals surface area contributed by atoms with Gasteiger partial charge in [0.1, 0.15) is 0 Å². The monoisotopic (exact) mass is 948 g/mol. The van der Waals surface area contributed by atoms with Gasteiger partial charge < -0.3 is 28.6 Å². The molecule has 2 aliphatic carbocycles. The average molecular weight is 949 g/mol. The van der Waals surface area contributed by atoms with Gasteiger partial charge in [-0.3, -0.25) is 14.4 Å². The van der Waals surface area contributed by atoms with E-state index in [0.29, 0.717) is 64.6 Å². The molecule has 9 heteroatoms. The zero-order valence-corrected chi connectivity index (χ0v) is 45.4. The van der Waals surface area contributed by atoms with Crippen LogP contribution in [0.15, 0.2) is 0 Å². The van der Waals surface area contributed by atoms with Crippen LogP contribution in [0.3, 0.4) is 0 Å². The fourth-order valence-corrected chi connectivity index (χ4v) is 12.1. The molecule has 9 nitrogen and oxygen atoms in total. The van der Waals surface area contributed by atoms with Crippen molar-refractivity contribution in [2.24, 2.45) is 28.1 Å². The van der Waals surface area contributed by atoms with Gasteiger partial charge in [0.15, 0.2) is 6.29 Å². The summed E-state index contributed by atoms with van der Waals surface area (Å²) in [4.78, 5) is 40.7. The molecular formula is C58H109NO8. The molecule has 2 saturated carbocycles. The molecule has 0 amide bonds. The largest absolute Gasteiger partial charge is 0.466 e. The minimum absolute atomic E-state index is 0.0430. The highest BCUT2D eigenvalue weighted by Crippen LogP contribution is 2.64. The summed E-state index contributed by atoms with van der Waals surface area (Å²) < 4.78 is 29.9. The van der Waals surface area contributed by atoms with Crippen LogP contribution in [0.25, 0.3) is 0 Å². The number of hydrogen-bond donors (Lipinski definition) is 0. The molecule has 4 atom stereocenters. The van der Waals surface area contributed by atoms with E-state index in [2.05, 4.69) is 60.3 Å². The third kappa shape index (κ3) is 29.9. The fraction of sp³-hybridized carbons (Fsp3) is 0.948. The van der Waals surface area contributed by atoms with Crippen LogP contribution in [0, 0.1) is 28.1 Å². The SMILES string of the molecule is CCCCCCCCOC(CCC(=O)OCCCC12CC(CC(C)(CCCOC(=O)CCCCCCC(C)C)C1)CC(C)(CCCOC(=O)CCCN(CC)CC)C2)OCCCCCCCC. The van der Waals surface area contributed by atoms with E-state index in [-0.39, 0.29) is 40.4 Å². The molecule has 0 aromatic carbocycles. The average Bonchev–Trinajstić information content (AvgIpc) is 3.28. The predicted octanol–water partition coefficient (Wildman–Crippen LogP) is 15.5. The lowest BCUT2D eigenvalue weighted by Gasteiger charge is -2.58. The minimum atomic E-state index is -0.358. The first-order chi connectivity index (χ1) is 32.3. The number of rotatable bonds is 44. The second-order valence-electron chi connectivity index (χ2n) is 22.6. The number of unbranched alkanes of at least 4 members (excludes halogenated alkanes) is 13. The number of hydrogen-bond acceptors (Lipinski definition) is 9. The van der Waals surface area contributed by atoms with Crippen molar-refractivity contribution in [3.05, 3.63) is 0 Å². The third-order valence-corrected chi connectivity index (χ3v) is 15.2. The van der Waals surface area contributed by atoms with E-state index in [9.17, 15) is 14.4 Å². The lowest BCUT2D eigenvalue weighted by molar-refractivity contribution is -0.159. The lowest BCUT2D eigenvalue weighted by Crippen LogP contribution is -2.47. The van der Waals surface area contributed by atoms with E-state index in [4.69, 9.17) is 23.7 Å². The number of fused-ring (bicyclic) bond motifs is 2. The second-order valence-corrected chi connectivity index (χ2v) is 22.6. The van der Waals surface area contributed by atoms with Crippen LogP contribution < -0.4 is 0 Å². The summed E-state index contributed by atoms with van der Waals surface area (Å²) in [5, 5.41) is 0. The van der Waals surface area contributed by atoms with Crippen LogP contribution in [0.4, 0.5) is 0 Å². The maximum atomic E-state index is 13.2. The lowest BCUT2D eigenvalue weighted by atomic mass is 9.47. The zero-order valence-electron chi connectivity index (χ0n) is 45.4. The molecule has 0 saturated heterocycles. The van der Waals surface area contributed by atoms with Crippen molar-refractivity contribution < 1.29 is 38.1 Å². The maximum absolute atomic E-state index is 13.2. The van der Waals surface area contributed by atoms with E-state index >= 15 is 0 Å². The van der Waals surface area contributed by atoms with Crippen molar-refractivity contribution in [2.75, 3.05) is 52.7 Å². The first-order valence-corrected chi connectivity index (χ1v) is 28.7. The van der Waals surface area contributed by atoms with E-state index in [1.54, 1.807) is 0 Å². The van der Waals surface area contributed by atoms with Gasteiger partial charge in [-0.2, -0.15) is 0 Å². The topological polar surface area (TPSA) is 101 Å². The number of carbonyl (C=O) groups is 3.